The van der Waals surface area contributed by atoms with E-state index in [0.717, 1.165) is 17.7 Å². The molecular weight excluding hydrogens is 358 g/mol. The van der Waals surface area contributed by atoms with Crippen molar-refractivity contribution < 1.29 is 9.59 Å². The van der Waals surface area contributed by atoms with E-state index in [4.69, 9.17) is 0 Å². The van der Waals surface area contributed by atoms with Crippen LogP contribution < -0.4 is 4.90 Å². The van der Waals surface area contributed by atoms with Gasteiger partial charge in [0.05, 0.1) is 17.5 Å². The van der Waals surface area contributed by atoms with Gasteiger partial charge in [-0.15, -0.1) is 0 Å². The number of imide groups is 1. The molecule has 0 aromatic heterocycles. The fourth-order valence-corrected chi connectivity index (χ4v) is 5.94. The lowest BCUT2D eigenvalue weighted by Crippen LogP contribution is -2.41. The van der Waals surface area contributed by atoms with Crippen LogP contribution in [0.4, 0.5) is 5.69 Å². The number of amides is 2. The van der Waals surface area contributed by atoms with Crippen molar-refractivity contribution in [2.75, 3.05) is 4.90 Å². The van der Waals surface area contributed by atoms with Gasteiger partial charge in [-0.3, -0.25) is 9.59 Å². The zero-order valence-corrected chi connectivity index (χ0v) is 16.2. The fraction of sp³-hybridized carbons (Fsp3) is 0.231. The van der Waals surface area contributed by atoms with Crippen LogP contribution in [0.3, 0.4) is 0 Å². The molecule has 0 N–H and O–H groups in total. The number of rotatable bonds is 2. The summed E-state index contributed by atoms with van der Waals surface area (Å²) in [5, 5.41) is 0. The van der Waals surface area contributed by atoms with Crippen LogP contribution in [0.5, 0.6) is 0 Å². The predicted octanol–water partition coefficient (Wildman–Crippen LogP) is 4.65. The summed E-state index contributed by atoms with van der Waals surface area (Å²) in [6.45, 7) is 2.06. The number of carbonyl (C=O) groups excluding carboxylic acids is 2. The van der Waals surface area contributed by atoms with E-state index in [1.807, 2.05) is 48.5 Å². The van der Waals surface area contributed by atoms with Gasteiger partial charge in [-0.25, -0.2) is 4.90 Å². The number of aryl methyl sites for hydroxylation is 1. The highest BCUT2D eigenvalue weighted by Crippen LogP contribution is 2.61. The monoisotopic (exact) mass is 379 g/mol. The molecule has 3 aromatic rings. The second-order valence-electron chi connectivity index (χ2n) is 8.26. The van der Waals surface area contributed by atoms with Crippen molar-refractivity contribution in [1.82, 2.24) is 0 Å². The SMILES string of the molecule is CCc1ccccc1N1C(=O)[C@H]2C3c4ccccc4C(c4ccccc43)[C@@H]2C1=O. The Morgan fingerprint density at radius 2 is 1.07 bits per heavy atom. The van der Waals surface area contributed by atoms with E-state index in [-0.39, 0.29) is 35.5 Å². The molecule has 1 heterocycles. The lowest BCUT2D eigenvalue weighted by molar-refractivity contribution is -0.122. The maximum atomic E-state index is 13.7. The van der Waals surface area contributed by atoms with Gasteiger partial charge in [0.1, 0.15) is 0 Å². The summed E-state index contributed by atoms with van der Waals surface area (Å²) in [5.41, 5.74) is 6.64. The van der Waals surface area contributed by atoms with Crippen LogP contribution in [-0.2, 0) is 16.0 Å². The molecule has 1 saturated heterocycles. The van der Waals surface area contributed by atoms with E-state index < -0.39 is 0 Å². The van der Waals surface area contributed by atoms with Gasteiger partial charge in [-0.2, -0.15) is 0 Å². The molecule has 3 nitrogen and oxygen atoms in total. The molecule has 0 unspecified atom stereocenters. The number of hydrogen-bond acceptors (Lipinski definition) is 2. The fourth-order valence-electron chi connectivity index (χ4n) is 5.94. The Hall–Kier alpha value is -3.20. The summed E-state index contributed by atoms with van der Waals surface area (Å²) in [6.07, 6.45) is 0.788. The molecule has 2 bridgehead atoms. The van der Waals surface area contributed by atoms with Gasteiger partial charge >= 0.3 is 0 Å². The Bertz CT molecular complexity index is 1070. The Balaban J connectivity index is 1.58. The first kappa shape index (κ1) is 16.7. The average molecular weight is 379 g/mol. The number of para-hydroxylation sites is 1. The summed E-state index contributed by atoms with van der Waals surface area (Å²) in [5.74, 6) is -0.815. The molecule has 2 amide bonds. The second kappa shape index (κ2) is 5.90. The molecule has 7 rings (SSSR count). The highest BCUT2D eigenvalue weighted by Gasteiger charge is 2.61. The summed E-state index contributed by atoms with van der Waals surface area (Å²) in [4.78, 5) is 29.0. The summed E-state index contributed by atoms with van der Waals surface area (Å²) >= 11 is 0. The number of anilines is 1. The van der Waals surface area contributed by atoms with E-state index in [1.165, 1.54) is 27.2 Å². The Morgan fingerprint density at radius 3 is 1.52 bits per heavy atom. The van der Waals surface area contributed by atoms with Gasteiger partial charge in [0.25, 0.3) is 0 Å². The van der Waals surface area contributed by atoms with Crippen molar-refractivity contribution in [2.24, 2.45) is 11.8 Å². The first-order valence-electron chi connectivity index (χ1n) is 10.4. The van der Waals surface area contributed by atoms with Crippen LogP contribution in [-0.4, -0.2) is 11.8 Å². The van der Waals surface area contributed by atoms with Crippen molar-refractivity contribution >= 4 is 17.5 Å². The van der Waals surface area contributed by atoms with Gasteiger partial charge in [-0.1, -0.05) is 73.7 Å². The molecule has 1 aliphatic heterocycles. The standard InChI is InChI=1S/C26H21NO2/c1-2-15-9-3-8-14-20(15)27-25(28)23-21-16-10-4-5-11-17(16)22(24(23)26(27)29)19-13-7-6-12-18(19)21/h3-14,21-24H,2H2,1H3/t21?,22?,23-,24-/m0/s1. The van der Waals surface area contributed by atoms with Crippen LogP contribution in [0.2, 0.25) is 0 Å². The molecule has 3 aliphatic carbocycles. The number of benzene rings is 3. The topological polar surface area (TPSA) is 37.4 Å². The van der Waals surface area contributed by atoms with Crippen molar-refractivity contribution in [3.8, 4) is 0 Å². The first-order chi connectivity index (χ1) is 14.2. The highest BCUT2D eigenvalue weighted by molar-refractivity contribution is 6.23. The molecular formula is C26H21NO2. The first-order valence-corrected chi connectivity index (χ1v) is 10.4. The predicted molar refractivity (Wildman–Crippen MR) is 112 cm³/mol. The normalized spacial score (nSPS) is 26.3. The van der Waals surface area contributed by atoms with Gasteiger partial charge in [-0.05, 0) is 40.3 Å². The Kier molecular flexibility index (Phi) is 3.40. The minimum Gasteiger partial charge on any atom is -0.274 e. The average Bonchev–Trinajstić information content (AvgIpc) is 3.04. The number of carbonyl (C=O) groups is 2. The summed E-state index contributed by atoms with van der Waals surface area (Å²) < 4.78 is 0. The Morgan fingerprint density at radius 1 is 0.655 bits per heavy atom. The van der Waals surface area contributed by atoms with Crippen molar-refractivity contribution in [2.45, 2.75) is 25.2 Å². The van der Waals surface area contributed by atoms with Crippen LogP contribution >= 0.6 is 0 Å². The third kappa shape index (κ3) is 2.02. The zero-order chi connectivity index (χ0) is 19.7. The van der Waals surface area contributed by atoms with Crippen LogP contribution in [0, 0.1) is 11.8 Å². The summed E-state index contributed by atoms with van der Waals surface area (Å²) in [7, 11) is 0. The number of hydrogen-bond donors (Lipinski definition) is 0. The number of nitrogens with zero attached hydrogens (tertiary/aromatic N) is 1. The lowest BCUT2D eigenvalue weighted by atomic mass is 9.55. The molecule has 0 radical (unpaired) electrons. The van der Waals surface area contributed by atoms with E-state index in [9.17, 15) is 9.59 Å². The third-order valence-electron chi connectivity index (χ3n) is 7.06. The molecule has 4 aliphatic rings. The maximum Gasteiger partial charge on any atom is 0.238 e. The molecule has 1 fully saturated rings. The third-order valence-corrected chi connectivity index (χ3v) is 7.06. The summed E-state index contributed by atoms with van der Waals surface area (Å²) in [6, 6.07) is 24.5. The van der Waals surface area contributed by atoms with E-state index in [0.29, 0.717) is 0 Å². The van der Waals surface area contributed by atoms with E-state index >= 15 is 0 Å². The van der Waals surface area contributed by atoms with Crippen LogP contribution in [0.15, 0.2) is 72.8 Å². The zero-order valence-electron chi connectivity index (χ0n) is 16.2. The minimum absolute atomic E-state index is 0.0418. The molecule has 0 spiro atoms. The molecule has 142 valence electrons. The largest absolute Gasteiger partial charge is 0.274 e. The van der Waals surface area contributed by atoms with Gasteiger partial charge in [0.2, 0.25) is 11.8 Å². The lowest BCUT2D eigenvalue weighted by Gasteiger charge is -2.45. The van der Waals surface area contributed by atoms with E-state index in [1.54, 1.807) is 0 Å². The Labute approximate surface area is 170 Å². The van der Waals surface area contributed by atoms with Gasteiger partial charge in [0, 0.05) is 11.8 Å². The maximum absolute atomic E-state index is 13.7. The van der Waals surface area contributed by atoms with Crippen LogP contribution in [0.1, 0.15) is 46.6 Å². The minimum atomic E-state index is -0.317. The second-order valence-corrected chi connectivity index (χ2v) is 8.26. The smallest absolute Gasteiger partial charge is 0.238 e. The van der Waals surface area contributed by atoms with Crippen molar-refractivity contribution in [3.05, 3.63) is 101 Å². The van der Waals surface area contributed by atoms with Crippen molar-refractivity contribution in [1.29, 1.82) is 0 Å². The molecule has 3 heteroatoms. The molecule has 29 heavy (non-hydrogen) atoms. The molecule has 2 atom stereocenters. The quantitative estimate of drug-likeness (QED) is 0.608. The van der Waals surface area contributed by atoms with Crippen LogP contribution in [0.25, 0.3) is 0 Å². The molecule has 0 saturated carbocycles. The molecule has 3 aromatic carbocycles. The highest BCUT2D eigenvalue weighted by atomic mass is 16.2. The van der Waals surface area contributed by atoms with E-state index in [2.05, 4.69) is 31.2 Å². The van der Waals surface area contributed by atoms with Gasteiger partial charge < -0.3 is 0 Å². The van der Waals surface area contributed by atoms with Crippen molar-refractivity contribution in [3.63, 3.8) is 0 Å². The van der Waals surface area contributed by atoms with Gasteiger partial charge in [0.15, 0.2) is 0 Å².